The summed E-state index contributed by atoms with van der Waals surface area (Å²) in [6.07, 6.45) is 7.70. The summed E-state index contributed by atoms with van der Waals surface area (Å²) in [6.45, 7) is 4.69. The first-order valence-electron chi connectivity index (χ1n) is 10.2. The van der Waals surface area contributed by atoms with Crippen LogP contribution in [0.3, 0.4) is 0 Å². The topological polar surface area (TPSA) is 53.5 Å². The molecule has 0 aliphatic heterocycles. The van der Waals surface area contributed by atoms with E-state index >= 15 is 0 Å². The first-order chi connectivity index (χ1) is 13.6. The minimum absolute atomic E-state index is 0.193. The van der Waals surface area contributed by atoms with Gasteiger partial charge in [-0.05, 0) is 79.6 Å². The van der Waals surface area contributed by atoms with Crippen molar-refractivity contribution in [2.75, 3.05) is 19.0 Å². The Bertz CT molecular complexity index is 823. The van der Waals surface area contributed by atoms with Gasteiger partial charge in [0, 0.05) is 18.0 Å². The highest BCUT2D eigenvalue weighted by atomic mass is 16.5. The van der Waals surface area contributed by atoms with Crippen molar-refractivity contribution < 1.29 is 9.84 Å². The maximum Gasteiger partial charge on any atom is 0.139 e. The Morgan fingerprint density at radius 1 is 1.21 bits per heavy atom. The number of hydrogen-bond donors (Lipinski definition) is 3. The minimum Gasteiger partial charge on any atom is -0.506 e. The number of aromatic hydroxyl groups is 1. The average molecular weight is 379 g/mol. The van der Waals surface area contributed by atoms with E-state index in [9.17, 15) is 5.11 Å². The highest BCUT2D eigenvalue weighted by Gasteiger charge is 2.45. The molecule has 148 valence electrons. The monoisotopic (exact) mass is 378 g/mol. The highest BCUT2D eigenvalue weighted by Crippen LogP contribution is 2.49. The van der Waals surface area contributed by atoms with E-state index in [0.29, 0.717) is 6.04 Å². The molecule has 4 nitrogen and oxygen atoms in total. The standard InChI is InChI=1S/C24H30N2O2/c1-3-25-22-15-19(8-11-23(22)27)24(12-13-24)16-26-21(18-6-7-18)14-17-4-9-20(28-2)10-5-17/h3-5,8-11,15,18,21,25-27H,1,6-7,12-14,16H2,2H3. The van der Waals surface area contributed by atoms with E-state index in [1.54, 1.807) is 19.4 Å². The van der Waals surface area contributed by atoms with Gasteiger partial charge in [0.25, 0.3) is 0 Å². The van der Waals surface area contributed by atoms with Crippen molar-refractivity contribution >= 4 is 5.69 Å². The quantitative estimate of drug-likeness (QED) is 0.529. The van der Waals surface area contributed by atoms with Gasteiger partial charge in [-0.25, -0.2) is 0 Å². The van der Waals surface area contributed by atoms with Gasteiger partial charge in [-0.1, -0.05) is 24.8 Å². The second-order valence-corrected chi connectivity index (χ2v) is 8.24. The molecule has 4 heteroatoms. The maximum atomic E-state index is 10.0. The third-order valence-electron chi connectivity index (χ3n) is 6.23. The molecule has 2 aliphatic carbocycles. The van der Waals surface area contributed by atoms with Crippen LogP contribution >= 0.6 is 0 Å². The predicted molar refractivity (Wildman–Crippen MR) is 114 cm³/mol. The molecule has 2 aliphatic rings. The Morgan fingerprint density at radius 2 is 1.96 bits per heavy atom. The number of anilines is 1. The Labute approximate surface area is 167 Å². The van der Waals surface area contributed by atoms with Gasteiger partial charge in [-0.2, -0.15) is 0 Å². The maximum absolute atomic E-state index is 10.0. The Balaban J connectivity index is 1.42. The molecule has 0 bridgehead atoms. The molecule has 1 atom stereocenters. The number of methoxy groups -OCH3 is 1. The van der Waals surface area contributed by atoms with Gasteiger partial charge in [0.05, 0.1) is 12.8 Å². The molecule has 28 heavy (non-hydrogen) atoms. The molecule has 4 rings (SSSR count). The van der Waals surface area contributed by atoms with Gasteiger partial charge in [0.2, 0.25) is 0 Å². The summed E-state index contributed by atoms with van der Waals surface area (Å²) in [4.78, 5) is 0. The fraction of sp³-hybridized carbons (Fsp3) is 0.417. The van der Waals surface area contributed by atoms with Crippen LogP contribution in [0.15, 0.2) is 55.2 Å². The minimum atomic E-state index is 0.193. The highest BCUT2D eigenvalue weighted by molar-refractivity contribution is 5.60. The van der Waals surface area contributed by atoms with E-state index in [1.165, 1.54) is 36.8 Å². The van der Waals surface area contributed by atoms with E-state index in [0.717, 1.165) is 30.3 Å². The van der Waals surface area contributed by atoms with Gasteiger partial charge < -0.3 is 20.5 Å². The second-order valence-electron chi connectivity index (χ2n) is 8.24. The molecule has 0 aromatic heterocycles. The van der Waals surface area contributed by atoms with Crippen molar-refractivity contribution in [1.82, 2.24) is 5.32 Å². The zero-order valence-corrected chi connectivity index (χ0v) is 16.6. The normalized spacial score (nSPS) is 18.3. The summed E-state index contributed by atoms with van der Waals surface area (Å²) in [5.74, 6) is 1.96. The fourth-order valence-corrected chi connectivity index (χ4v) is 4.06. The van der Waals surface area contributed by atoms with Crippen LogP contribution in [0.5, 0.6) is 11.5 Å². The molecule has 2 fully saturated rings. The zero-order chi connectivity index (χ0) is 19.6. The SMILES string of the molecule is C=CNc1cc(C2(CNC(Cc3ccc(OC)cc3)C3CC3)CC2)ccc1O. The van der Waals surface area contributed by atoms with Gasteiger partial charge in [-0.3, -0.25) is 0 Å². The molecular formula is C24H30N2O2. The molecule has 2 aromatic carbocycles. The van der Waals surface area contributed by atoms with Gasteiger partial charge in [0.15, 0.2) is 0 Å². The molecule has 0 radical (unpaired) electrons. The Morgan fingerprint density at radius 3 is 2.57 bits per heavy atom. The number of nitrogens with one attached hydrogen (secondary N) is 2. The molecule has 3 N–H and O–H groups in total. The number of rotatable bonds is 10. The first kappa shape index (κ1) is 18.9. The van der Waals surface area contributed by atoms with Crippen LogP contribution in [-0.4, -0.2) is 24.8 Å². The molecule has 0 spiro atoms. The van der Waals surface area contributed by atoms with Crippen molar-refractivity contribution in [1.29, 1.82) is 0 Å². The molecule has 2 saturated carbocycles. The summed E-state index contributed by atoms with van der Waals surface area (Å²) in [5.41, 5.74) is 3.58. The lowest BCUT2D eigenvalue weighted by Gasteiger charge is -2.24. The van der Waals surface area contributed by atoms with E-state index in [4.69, 9.17) is 4.74 Å². The van der Waals surface area contributed by atoms with Crippen LogP contribution in [0.1, 0.15) is 36.8 Å². The van der Waals surface area contributed by atoms with E-state index in [-0.39, 0.29) is 11.2 Å². The number of phenols is 1. The van der Waals surface area contributed by atoms with Crippen LogP contribution in [0, 0.1) is 5.92 Å². The molecule has 0 amide bonds. The first-order valence-corrected chi connectivity index (χ1v) is 10.2. The van der Waals surface area contributed by atoms with Crippen molar-refractivity contribution in [3.63, 3.8) is 0 Å². The third-order valence-corrected chi connectivity index (χ3v) is 6.23. The lowest BCUT2D eigenvalue weighted by molar-refractivity contribution is 0.413. The smallest absolute Gasteiger partial charge is 0.139 e. The molecule has 0 heterocycles. The van der Waals surface area contributed by atoms with Crippen LogP contribution < -0.4 is 15.4 Å². The van der Waals surface area contributed by atoms with Crippen LogP contribution in [0.25, 0.3) is 0 Å². The summed E-state index contributed by atoms with van der Waals surface area (Å²) >= 11 is 0. The van der Waals surface area contributed by atoms with E-state index in [2.05, 4.69) is 41.5 Å². The molecule has 1 unspecified atom stereocenters. The van der Waals surface area contributed by atoms with Crippen molar-refractivity contribution in [2.24, 2.45) is 5.92 Å². The molecule has 2 aromatic rings. The Kier molecular flexibility index (Phi) is 5.31. The van der Waals surface area contributed by atoms with E-state index < -0.39 is 0 Å². The fourth-order valence-electron chi connectivity index (χ4n) is 4.06. The number of ether oxygens (including phenoxy) is 1. The summed E-state index contributed by atoms with van der Waals surface area (Å²) < 4.78 is 5.27. The lowest BCUT2D eigenvalue weighted by atomic mass is 9.93. The van der Waals surface area contributed by atoms with E-state index in [1.807, 2.05) is 12.1 Å². The largest absolute Gasteiger partial charge is 0.506 e. The van der Waals surface area contributed by atoms with Crippen LogP contribution in [-0.2, 0) is 11.8 Å². The lowest BCUT2D eigenvalue weighted by Crippen LogP contribution is -2.38. The van der Waals surface area contributed by atoms with Crippen LogP contribution in [0.4, 0.5) is 5.69 Å². The second kappa shape index (κ2) is 7.88. The Hall–Kier alpha value is -2.46. The third kappa shape index (κ3) is 4.17. The summed E-state index contributed by atoms with van der Waals surface area (Å²) in [6, 6.07) is 14.9. The molecule has 0 saturated heterocycles. The average Bonchev–Trinajstić information content (AvgIpc) is 3.62. The van der Waals surface area contributed by atoms with Crippen LogP contribution in [0.2, 0.25) is 0 Å². The summed E-state index contributed by atoms with van der Waals surface area (Å²) in [5, 5.41) is 16.9. The van der Waals surface area contributed by atoms with Crippen molar-refractivity contribution in [3.8, 4) is 11.5 Å². The van der Waals surface area contributed by atoms with Gasteiger partial charge >= 0.3 is 0 Å². The summed E-state index contributed by atoms with van der Waals surface area (Å²) in [7, 11) is 1.71. The van der Waals surface area contributed by atoms with Crippen molar-refractivity contribution in [2.45, 2.75) is 43.6 Å². The zero-order valence-electron chi connectivity index (χ0n) is 16.6. The van der Waals surface area contributed by atoms with Gasteiger partial charge in [-0.15, -0.1) is 0 Å². The number of phenolic OH excluding ortho intramolecular Hbond substituents is 1. The van der Waals surface area contributed by atoms with Gasteiger partial charge in [0.1, 0.15) is 11.5 Å². The van der Waals surface area contributed by atoms with Crippen molar-refractivity contribution in [3.05, 3.63) is 66.4 Å². The molecular weight excluding hydrogens is 348 g/mol. The predicted octanol–water partition coefficient (Wildman–Crippen LogP) is 4.60. The number of hydrogen-bond acceptors (Lipinski definition) is 4. The number of benzene rings is 2.